The fraction of sp³-hybridized carbons (Fsp3) is 0.355. The maximum atomic E-state index is 14.2. The summed E-state index contributed by atoms with van der Waals surface area (Å²) in [6.45, 7) is 5.69. The van der Waals surface area contributed by atoms with Crippen molar-refractivity contribution in [3.8, 4) is 0 Å². The average molecular weight is 619 g/mol. The number of aryl methyl sites for hydroxylation is 2. The zero-order valence-corrected chi connectivity index (χ0v) is 26.2. The number of hydrogen-bond donors (Lipinski definition) is 1. The van der Waals surface area contributed by atoms with E-state index in [-0.39, 0.29) is 18.9 Å². The Labute approximate surface area is 253 Å². The first-order valence-corrected chi connectivity index (χ1v) is 16.1. The van der Waals surface area contributed by atoms with Crippen molar-refractivity contribution in [3.63, 3.8) is 0 Å². The van der Waals surface area contributed by atoms with Gasteiger partial charge in [-0.15, -0.1) is 0 Å². The normalized spacial score (nSPS) is 12.0. The van der Waals surface area contributed by atoms with E-state index in [2.05, 4.69) is 5.32 Å². The topological polar surface area (TPSA) is 86.8 Å². The number of carbonyl (C=O) groups is 2. The Hall–Kier alpha value is -3.07. The molecule has 0 aliphatic rings. The second kappa shape index (κ2) is 14.7. The van der Waals surface area contributed by atoms with Crippen molar-refractivity contribution in [3.05, 3.63) is 99.0 Å². The van der Waals surface area contributed by atoms with Gasteiger partial charge in [-0.2, -0.15) is 0 Å². The molecule has 0 heterocycles. The maximum Gasteiger partial charge on any atom is 0.244 e. The van der Waals surface area contributed by atoms with Gasteiger partial charge >= 0.3 is 0 Å². The molecule has 0 aliphatic carbocycles. The third-order valence-corrected chi connectivity index (χ3v) is 8.80. The molecule has 0 spiro atoms. The summed E-state index contributed by atoms with van der Waals surface area (Å²) in [6.07, 6.45) is 2.95. The standard InChI is InChI=1S/C31H37Cl2N3O4S/c1-5-6-17-34-31(38)29(19-24-11-8-7-9-12-24)35(20-26-27(32)13-10-14-28(26)33)30(37)21-36(41(4,39)40)25-16-15-22(2)23(3)18-25/h7-16,18,29H,5-6,17,19-21H2,1-4H3,(H,34,38)/t29-/m1/s1. The van der Waals surface area contributed by atoms with Crippen molar-refractivity contribution >= 4 is 50.7 Å². The molecule has 0 fully saturated rings. The summed E-state index contributed by atoms with van der Waals surface area (Å²) in [5.74, 6) is -0.896. The quantitative estimate of drug-likeness (QED) is 0.241. The molecule has 0 saturated heterocycles. The molecule has 1 N–H and O–H groups in total. The zero-order valence-electron chi connectivity index (χ0n) is 23.9. The van der Waals surface area contributed by atoms with Gasteiger partial charge in [-0.3, -0.25) is 13.9 Å². The molecule has 3 aromatic rings. The lowest BCUT2D eigenvalue weighted by Gasteiger charge is -2.34. The average Bonchev–Trinajstić information content (AvgIpc) is 2.92. The number of hydrogen-bond acceptors (Lipinski definition) is 4. The van der Waals surface area contributed by atoms with Crippen LogP contribution in [0.5, 0.6) is 0 Å². The molecule has 0 saturated carbocycles. The Morgan fingerprint density at radius 1 is 0.927 bits per heavy atom. The van der Waals surface area contributed by atoms with Gasteiger partial charge in [-0.25, -0.2) is 8.42 Å². The summed E-state index contributed by atoms with van der Waals surface area (Å²) in [5, 5.41) is 3.64. The van der Waals surface area contributed by atoms with Crippen LogP contribution in [0.15, 0.2) is 66.7 Å². The van der Waals surface area contributed by atoms with Gasteiger partial charge in [0.05, 0.1) is 11.9 Å². The molecule has 3 rings (SSSR count). The van der Waals surface area contributed by atoms with Crippen LogP contribution in [0.25, 0.3) is 0 Å². The number of carbonyl (C=O) groups excluding carboxylic acids is 2. The van der Waals surface area contributed by atoms with E-state index in [4.69, 9.17) is 23.2 Å². The van der Waals surface area contributed by atoms with Gasteiger partial charge in [0.15, 0.2) is 0 Å². The molecule has 0 aliphatic heterocycles. The third-order valence-electron chi connectivity index (χ3n) is 6.95. The van der Waals surface area contributed by atoms with E-state index in [1.165, 1.54) is 4.90 Å². The molecule has 41 heavy (non-hydrogen) atoms. The van der Waals surface area contributed by atoms with E-state index in [1.54, 1.807) is 30.3 Å². The lowest BCUT2D eigenvalue weighted by Crippen LogP contribution is -2.53. The van der Waals surface area contributed by atoms with E-state index >= 15 is 0 Å². The molecule has 1 atom stereocenters. The van der Waals surface area contributed by atoms with Crippen LogP contribution in [0, 0.1) is 13.8 Å². The molecule has 0 unspecified atom stereocenters. The van der Waals surface area contributed by atoms with E-state index in [1.807, 2.05) is 57.2 Å². The molecule has 220 valence electrons. The van der Waals surface area contributed by atoms with Gasteiger partial charge in [0, 0.05) is 35.1 Å². The monoisotopic (exact) mass is 617 g/mol. The molecule has 7 nitrogen and oxygen atoms in total. The number of amides is 2. The summed E-state index contributed by atoms with van der Waals surface area (Å²) < 4.78 is 27.0. The Balaban J connectivity index is 2.09. The number of unbranched alkanes of at least 4 members (excludes halogenated alkanes) is 1. The first kappa shape index (κ1) is 32.4. The fourth-order valence-electron chi connectivity index (χ4n) is 4.41. The Bertz CT molecular complexity index is 1450. The van der Waals surface area contributed by atoms with E-state index in [0.29, 0.717) is 27.8 Å². The van der Waals surface area contributed by atoms with Gasteiger partial charge in [-0.05, 0) is 61.2 Å². The summed E-state index contributed by atoms with van der Waals surface area (Å²) >= 11 is 13.0. The third kappa shape index (κ3) is 8.96. The molecule has 10 heteroatoms. The van der Waals surface area contributed by atoms with Gasteiger partial charge < -0.3 is 10.2 Å². The SMILES string of the molecule is CCCCNC(=O)[C@@H](Cc1ccccc1)N(Cc1c(Cl)cccc1Cl)C(=O)CN(c1ccc(C)c(C)c1)S(C)(=O)=O. The zero-order chi connectivity index (χ0) is 30.2. The van der Waals surface area contributed by atoms with E-state index in [9.17, 15) is 18.0 Å². The van der Waals surface area contributed by atoms with Crippen molar-refractivity contribution in [1.29, 1.82) is 0 Å². The largest absolute Gasteiger partial charge is 0.354 e. The van der Waals surface area contributed by atoms with Crippen molar-refractivity contribution in [2.75, 3.05) is 23.7 Å². The number of nitrogens with one attached hydrogen (secondary N) is 1. The second-order valence-electron chi connectivity index (χ2n) is 10.1. The molecular formula is C31H37Cl2N3O4S. The minimum Gasteiger partial charge on any atom is -0.354 e. The van der Waals surface area contributed by atoms with E-state index < -0.39 is 28.5 Å². The van der Waals surface area contributed by atoms with Crippen LogP contribution in [0.2, 0.25) is 10.0 Å². The highest BCUT2D eigenvalue weighted by atomic mass is 35.5. The lowest BCUT2D eigenvalue weighted by atomic mass is 10.0. The highest BCUT2D eigenvalue weighted by molar-refractivity contribution is 7.92. The van der Waals surface area contributed by atoms with Crippen LogP contribution >= 0.6 is 23.2 Å². The smallest absolute Gasteiger partial charge is 0.244 e. The summed E-state index contributed by atoms with van der Waals surface area (Å²) in [4.78, 5) is 29.2. The summed E-state index contributed by atoms with van der Waals surface area (Å²) in [6, 6.07) is 18.7. The number of halogens is 2. The highest BCUT2D eigenvalue weighted by Crippen LogP contribution is 2.28. The molecule has 0 aromatic heterocycles. The van der Waals surface area contributed by atoms with Gasteiger partial charge in [-0.1, -0.05) is 79.0 Å². The van der Waals surface area contributed by atoms with Crippen LogP contribution in [-0.4, -0.2) is 50.5 Å². The fourth-order valence-corrected chi connectivity index (χ4v) is 5.77. The maximum absolute atomic E-state index is 14.2. The molecular weight excluding hydrogens is 581 g/mol. The van der Waals surface area contributed by atoms with Crippen LogP contribution in [0.1, 0.15) is 42.0 Å². The minimum atomic E-state index is -3.85. The number of anilines is 1. The first-order valence-electron chi connectivity index (χ1n) is 13.5. The van der Waals surface area contributed by atoms with Crippen LogP contribution in [-0.2, 0) is 32.6 Å². The van der Waals surface area contributed by atoms with Gasteiger partial charge in [0.25, 0.3) is 0 Å². The van der Waals surface area contributed by atoms with Crippen molar-refractivity contribution < 1.29 is 18.0 Å². The minimum absolute atomic E-state index is 0.0828. The van der Waals surface area contributed by atoms with Crippen molar-refractivity contribution in [1.82, 2.24) is 10.2 Å². The second-order valence-corrected chi connectivity index (χ2v) is 12.8. The number of benzene rings is 3. The van der Waals surface area contributed by atoms with Crippen LogP contribution in [0.4, 0.5) is 5.69 Å². The van der Waals surface area contributed by atoms with Crippen LogP contribution in [0.3, 0.4) is 0 Å². The molecule has 3 aromatic carbocycles. The number of sulfonamides is 1. The highest BCUT2D eigenvalue weighted by Gasteiger charge is 2.33. The first-order chi connectivity index (χ1) is 19.4. The van der Waals surface area contributed by atoms with Crippen LogP contribution < -0.4 is 9.62 Å². The lowest BCUT2D eigenvalue weighted by molar-refractivity contribution is -0.140. The van der Waals surface area contributed by atoms with Crippen molar-refractivity contribution in [2.45, 2.75) is 52.6 Å². The summed E-state index contributed by atoms with van der Waals surface area (Å²) in [5.41, 5.74) is 3.57. The predicted molar refractivity (Wildman–Crippen MR) is 167 cm³/mol. The summed E-state index contributed by atoms with van der Waals surface area (Å²) in [7, 11) is -3.85. The predicted octanol–water partition coefficient (Wildman–Crippen LogP) is 5.93. The number of nitrogens with zero attached hydrogens (tertiary/aromatic N) is 2. The Morgan fingerprint density at radius 3 is 2.17 bits per heavy atom. The Morgan fingerprint density at radius 2 is 1.59 bits per heavy atom. The van der Waals surface area contributed by atoms with Crippen molar-refractivity contribution in [2.24, 2.45) is 0 Å². The molecule has 0 bridgehead atoms. The van der Waals surface area contributed by atoms with Gasteiger partial charge in [0.1, 0.15) is 12.6 Å². The molecule has 2 amide bonds. The van der Waals surface area contributed by atoms with E-state index in [0.717, 1.165) is 40.1 Å². The number of rotatable bonds is 13. The Kier molecular flexibility index (Phi) is 11.6. The van der Waals surface area contributed by atoms with Gasteiger partial charge in [0.2, 0.25) is 21.8 Å². The molecule has 0 radical (unpaired) electrons.